The summed E-state index contributed by atoms with van der Waals surface area (Å²) in [6.07, 6.45) is -0.252. The number of amides is 3. The van der Waals surface area contributed by atoms with Crippen LogP contribution in [0.4, 0.5) is 16.2 Å². The molecule has 45 heavy (non-hydrogen) atoms. The molecule has 10 nitrogen and oxygen atoms in total. The number of carbonyl (C=O) groups is 2. The second-order valence-corrected chi connectivity index (χ2v) is 11.8. The monoisotopic (exact) mass is 610 g/mol. The van der Waals surface area contributed by atoms with Gasteiger partial charge in [-0.3, -0.25) is 9.69 Å². The van der Waals surface area contributed by atoms with Crippen LogP contribution in [0, 0.1) is 5.92 Å². The van der Waals surface area contributed by atoms with Crippen molar-refractivity contribution in [1.29, 1.82) is 0 Å². The number of likely N-dealkylation sites (N-methyl/N-ethyl adjacent to an activating group) is 1. The van der Waals surface area contributed by atoms with Crippen LogP contribution >= 0.6 is 0 Å². The topological polar surface area (TPSA) is 113 Å². The van der Waals surface area contributed by atoms with Gasteiger partial charge in [0, 0.05) is 36.6 Å². The molecule has 0 bridgehead atoms. The number of nitrogens with one attached hydrogen (secondary N) is 2. The van der Waals surface area contributed by atoms with Gasteiger partial charge in [-0.25, -0.2) is 4.79 Å². The van der Waals surface area contributed by atoms with Crippen molar-refractivity contribution < 1.29 is 28.9 Å². The molecule has 3 amide bonds. The van der Waals surface area contributed by atoms with E-state index in [0.717, 1.165) is 27.8 Å². The summed E-state index contributed by atoms with van der Waals surface area (Å²) >= 11 is 0. The Morgan fingerprint density at radius 2 is 1.78 bits per heavy atom. The van der Waals surface area contributed by atoms with E-state index in [1.807, 2.05) is 74.6 Å². The Bertz CT molecular complexity index is 1710. The lowest BCUT2D eigenvalue weighted by molar-refractivity contribution is 0.0341. The summed E-state index contributed by atoms with van der Waals surface area (Å²) in [5, 5.41) is 17.7. The van der Waals surface area contributed by atoms with Crippen LogP contribution in [-0.4, -0.2) is 72.5 Å². The van der Waals surface area contributed by atoms with Crippen LogP contribution in [0.1, 0.15) is 29.8 Å². The van der Waals surface area contributed by atoms with Gasteiger partial charge >= 0.3 is 6.03 Å². The molecule has 2 aliphatic rings. The average Bonchev–Trinajstić information content (AvgIpc) is 3.51. The molecule has 0 aliphatic carbocycles. The number of rotatable bonds is 8. The van der Waals surface area contributed by atoms with Crippen molar-refractivity contribution in [3.63, 3.8) is 0 Å². The first kappa shape index (κ1) is 30.2. The fourth-order valence-corrected chi connectivity index (χ4v) is 5.86. The summed E-state index contributed by atoms with van der Waals surface area (Å²) in [6.45, 7) is 5.61. The van der Waals surface area contributed by atoms with E-state index in [0.29, 0.717) is 42.3 Å². The fourth-order valence-electron chi connectivity index (χ4n) is 5.86. The number of ether oxygens (including phenoxy) is 3. The van der Waals surface area contributed by atoms with Gasteiger partial charge < -0.3 is 34.9 Å². The van der Waals surface area contributed by atoms with E-state index in [-0.39, 0.29) is 31.3 Å². The largest absolute Gasteiger partial charge is 0.488 e. The van der Waals surface area contributed by atoms with Gasteiger partial charge in [-0.1, -0.05) is 49.4 Å². The Labute approximate surface area is 262 Å². The molecule has 0 saturated carbocycles. The number of hydrogen-bond acceptors (Lipinski definition) is 7. The van der Waals surface area contributed by atoms with Crippen molar-refractivity contribution in [1.82, 2.24) is 9.80 Å². The van der Waals surface area contributed by atoms with Gasteiger partial charge in [0.05, 0.1) is 23.9 Å². The van der Waals surface area contributed by atoms with Crippen molar-refractivity contribution in [3.8, 4) is 17.2 Å². The van der Waals surface area contributed by atoms with Gasteiger partial charge in [-0.2, -0.15) is 0 Å². The van der Waals surface area contributed by atoms with Crippen LogP contribution in [-0.2, 0) is 6.54 Å². The fraction of sp³-hybridized carbons (Fsp3) is 0.314. The number of aliphatic hydroxyl groups is 1. The third kappa shape index (κ3) is 6.67. The molecule has 3 atom stereocenters. The van der Waals surface area contributed by atoms with Gasteiger partial charge in [-0.05, 0) is 61.3 Å². The third-order valence-electron chi connectivity index (χ3n) is 8.34. The molecule has 0 fully saturated rings. The zero-order valence-electron chi connectivity index (χ0n) is 25.7. The number of hydrogen-bond donors (Lipinski definition) is 3. The Morgan fingerprint density at radius 3 is 2.62 bits per heavy atom. The first-order valence-electron chi connectivity index (χ1n) is 15.1. The summed E-state index contributed by atoms with van der Waals surface area (Å²) in [5.41, 5.74) is 2.54. The predicted octanol–water partition coefficient (Wildman–Crippen LogP) is 5.56. The van der Waals surface area contributed by atoms with Gasteiger partial charge in [0.15, 0.2) is 11.5 Å². The summed E-state index contributed by atoms with van der Waals surface area (Å²) in [5.74, 6) is 1.64. The minimum absolute atomic E-state index is 0.0282. The Hall–Kier alpha value is -4.80. The van der Waals surface area contributed by atoms with Crippen molar-refractivity contribution in [2.75, 3.05) is 44.2 Å². The maximum Gasteiger partial charge on any atom is 0.323 e. The SMILES string of the molecule is C[C@H](CO)N1C[C@H](C)[C@H](CN(C)Cc2ccc3c(c2)OCO3)Oc2ccc(NC(=O)Nc3cccc4ccccc34)cc2C1=O. The molecule has 2 aliphatic heterocycles. The number of aliphatic hydroxyl groups excluding tert-OH is 1. The molecule has 0 saturated heterocycles. The minimum atomic E-state index is -0.428. The van der Waals surface area contributed by atoms with Crippen LogP contribution in [0.15, 0.2) is 78.9 Å². The summed E-state index contributed by atoms with van der Waals surface area (Å²) in [6, 6.07) is 23.7. The number of carbonyl (C=O) groups excluding carboxylic acids is 2. The number of fused-ring (bicyclic) bond motifs is 3. The van der Waals surface area contributed by atoms with Gasteiger partial charge in [0.2, 0.25) is 6.79 Å². The Kier molecular flexibility index (Phi) is 8.77. The molecule has 4 aromatic rings. The van der Waals surface area contributed by atoms with E-state index in [9.17, 15) is 14.7 Å². The molecular formula is C35H38N4O6. The molecule has 6 rings (SSSR count). The summed E-state index contributed by atoms with van der Waals surface area (Å²) in [7, 11) is 2.03. The molecule has 2 heterocycles. The Morgan fingerprint density at radius 1 is 1.00 bits per heavy atom. The van der Waals surface area contributed by atoms with Crippen LogP contribution in [0.25, 0.3) is 10.8 Å². The molecule has 10 heteroatoms. The predicted molar refractivity (Wildman–Crippen MR) is 173 cm³/mol. The lowest BCUT2D eigenvalue weighted by atomic mass is 9.99. The first-order chi connectivity index (χ1) is 21.8. The molecule has 0 radical (unpaired) electrons. The standard InChI is InChI=1S/C35H38N4O6/c1-22-17-39(23(2)20-40)34(41)28-16-26(36-35(42)37-29-10-6-8-25-7-4-5-9-27(25)29)12-14-30(28)45-33(22)19-38(3)18-24-11-13-31-32(15-24)44-21-43-31/h4-16,22-23,33,40H,17-21H2,1-3H3,(H2,36,37,42)/t22-,23+,33-/m0/s1. The maximum absolute atomic E-state index is 13.8. The summed E-state index contributed by atoms with van der Waals surface area (Å²) in [4.78, 5) is 30.8. The van der Waals surface area contributed by atoms with Crippen LogP contribution in [0.3, 0.4) is 0 Å². The quantitative estimate of drug-likeness (QED) is 0.239. The van der Waals surface area contributed by atoms with Crippen LogP contribution < -0.4 is 24.8 Å². The van der Waals surface area contributed by atoms with E-state index in [1.54, 1.807) is 23.1 Å². The van der Waals surface area contributed by atoms with Crippen LogP contribution in [0.5, 0.6) is 17.2 Å². The average molecular weight is 611 g/mol. The van der Waals surface area contributed by atoms with Gasteiger partial charge in [-0.15, -0.1) is 0 Å². The van der Waals surface area contributed by atoms with Crippen molar-refractivity contribution in [2.45, 2.75) is 32.5 Å². The lowest BCUT2D eigenvalue weighted by Gasteiger charge is -2.38. The molecule has 3 N–H and O–H groups in total. The molecule has 0 unspecified atom stereocenters. The zero-order valence-corrected chi connectivity index (χ0v) is 25.7. The highest BCUT2D eigenvalue weighted by Crippen LogP contribution is 2.34. The van der Waals surface area contributed by atoms with Gasteiger partial charge in [0.25, 0.3) is 5.91 Å². The number of anilines is 2. The second kappa shape index (κ2) is 13.1. The van der Waals surface area contributed by atoms with Crippen molar-refractivity contribution in [3.05, 3.63) is 90.0 Å². The second-order valence-electron chi connectivity index (χ2n) is 11.8. The highest BCUT2D eigenvalue weighted by Gasteiger charge is 2.33. The highest BCUT2D eigenvalue weighted by atomic mass is 16.7. The number of nitrogens with zero attached hydrogens (tertiary/aromatic N) is 2. The van der Waals surface area contributed by atoms with Gasteiger partial charge in [0.1, 0.15) is 11.9 Å². The highest BCUT2D eigenvalue weighted by molar-refractivity contribution is 6.07. The minimum Gasteiger partial charge on any atom is -0.488 e. The molecule has 0 aromatic heterocycles. The van der Waals surface area contributed by atoms with Crippen molar-refractivity contribution >= 4 is 34.1 Å². The molecular weight excluding hydrogens is 572 g/mol. The number of urea groups is 1. The Balaban J connectivity index is 1.21. The van der Waals surface area contributed by atoms with E-state index < -0.39 is 12.1 Å². The molecule has 4 aromatic carbocycles. The smallest absolute Gasteiger partial charge is 0.323 e. The van der Waals surface area contributed by atoms with E-state index in [2.05, 4.69) is 22.5 Å². The first-order valence-corrected chi connectivity index (χ1v) is 15.1. The van der Waals surface area contributed by atoms with E-state index in [1.165, 1.54) is 0 Å². The normalized spacial score (nSPS) is 18.2. The lowest BCUT2D eigenvalue weighted by Crippen LogP contribution is -2.49. The summed E-state index contributed by atoms with van der Waals surface area (Å²) < 4.78 is 17.5. The molecule has 234 valence electrons. The van der Waals surface area contributed by atoms with E-state index >= 15 is 0 Å². The molecule has 0 spiro atoms. The van der Waals surface area contributed by atoms with Crippen LogP contribution in [0.2, 0.25) is 0 Å². The van der Waals surface area contributed by atoms with E-state index in [4.69, 9.17) is 14.2 Å². The maximum atomic E-state index is 13.8. The number of benzene rings is 4. The third-order valence-corrected chi connectivity index (χ3v) is 8.34. The zero-order chi connectivity index (χ0) is 31.5. The van der Waals surface area contributed by atoms with Crippen molar-refractivity contribution in [2.24, 2.45) is 5.92 Å².